The minimum absolute atomic E-state index is 0.0463. The topological polar surface area (TPSA) is 40.5 Å². The maximum atomic E-state index is 14.1. The quantitative estimate of drug-likeness (QED) is 0.910. The lowest BCUT2D eigenvalue weighted by Gasteiger charge is -2.25. The summed E-state index contributed by atoms with van der Waals surface area (Å²) in [4.78, 5) is 14.0. The largest absolute Gasteiger partial charge is 0.391 e. The minimum Gasteiger partial charge on any atom is -0.391 e. The highest BCUT2D eigenvalue weighted by atomic mass is 35.5. The highest BCUT2D eigenvalue weighted by Crippen LogP contribution is 2.35. The number of hydrogen-bond acceptors (Lipinski definition) is 2. The molecule has 0 aliphatic carbocycles. The summed E-state index contributed by atoms with van der Waals surface area (Å²) in [5, 5.41) is 10.2. The molecule has 1 amide bonds. The number of rotatable bonds is 2. The molecule has 23 heavy (non-hydrogen) atoms. The van der Waals surface area contributed by atoms with Crippen molar-refractivity contribution >= 4 is 17.5 Å². The number of β-amino-alcohol motifs (C(OH)–C–C–N with tert-alkyl or cyclic N) is 1. The summed E-state index contributed by atoms with van der Waals surface area (Å²) in [6.07, 6.45) is -0.648. The molecule has 1 aliphatic heterocycles. The number of nitrogens with zero attached hydrogens (tertiary/aromatic N) is 1. The van der Waals surface area contributed by atoms with Gasteiger partial charge in [0.1, 0.15) is 11.6 Å². The molecule has 0 bridgehead atoms. The SMILES string of the molecule is O=C(c1ccccc1Cl)N1CC(O)CC1c1cc(F)ccc1F. The van der Waals surface area contributed by atoms with Crippen molar-refractivity contribution in [3.05, 3.63) is 70.2 Å². The van der Waals surface area contributed by atoms with Crippen LogP contribution in [0, 0.1) is 11.6 Å². The van der Waals surface area contributed by atoms with Crippen molar-refractivity contribution in [1.82, 2.24) is 4.90 Å². The average Bonchev–Trinajstić information content (AvgIpc) is 2.91. The zero-order valence-electron chi connectivity index (χ0n) is 12.0. The molecule has 0 aromatic heterocycles. The Morgan fingerprint density at radius 3 is 2.70 bits per heavy atom. The molecule has 2 aromatic carbocycles. The maximum absolute atomic E-state index is 14.1. The Labute approximate surface area is 137 Å². The summed E-state index contributed by atoms with van der Waals surface area (Å²) in [7, 11) is 0. The smallest absolute Gasteiger partial charge is 0.255 e. The van der Waals surface area contributed by atoms with Crippen molar-refractivity contribution in [2.45, 2.75) is 18.6 Å². The van der Waals surface area contributed by atoms with E-state index in [9.17, 15) is 18.7 Å². The van der Waals surface area contributed by atoms with Crippen molar-refractivity contribution in [2.24, 2.45) is 0 Å². The van der Waals surface area contributed by atoms with E-state index in [1.807, 2.05) is 0 Å². The maximum Gasteiger partial charge on any atom is 0.255 e. The van der Waals surface area contributed by atoms with Crippen LogP contribution >= 0.6 is 11.6 Å². The van der Waals surface area contributed by atoms with Gasteiger partial charge in [0.25, 0.3) is 5.91 Å². The predicted octanol–water partition coefficient (Wildman–Crippen LogP) is 3.57. The summed E-state index contributed by atoms with van der Waals surface area (Å²) in [6, 6.07) is 8.88. The molecular weight excluding hydrogens is 324 g/mol. The van der Waals surface area contributed by atoms with E-state index in [1.165, 1.54) is 4.90 Å². The van der Waals surface area contributed by atoms with Gasteiger partial charge in [0.15, 0.2) is 0 Å². The summed E-state index contributed by atoms with van der Waals surface area (Å²) in [5.74, 6) is -1.61. The van der Waals surface area contributed by atoms with Crippen LogP contribution in [0.15, 0.2) is 42.5 Å². The lowest BCUT2D eigenvalue weighted by Crippen LogP contribution is -2.32. The number of carbonyl (C=O) groups is 1. The van der Waals surface area contributed by atoms with E-state index in [4.69, 9.17) is 11.6 Å². The molecule has 2 aromatic rings. The Balaban J connectivity index is 1.99. The summed E-state index contributed by atoms with van der Waals surface area (Å²) in [6.45, 7) is 0.0463. The van der Waals surface area contributed by atoms with Gasteiger partial charge in [-0.05, 0) is 36.8 Å². The lowest BCUT2D eigenvalue weighted by atomic mass is 10.0. The first-order chi connectivity index (χ1) is 11.0. The van der Waals surface area contributed by atoms with Gasteiger partial charge in [-0.25, -0.2) is 8.78 Å². The first-order valence-corrected chi connectivity index (χ1v) is 7.53. The van der Waals surface area contributed by atoms with Gasteiger partial charge in [0.2, 0.25) is 0 Å². The molecule has 120 valence electrons. The number of halogens is 3. The molecule has 0 radical (unpaired) electrons. The Morgan fingerprint density at radius 1 is 1.22 bits per heavy atom. The average molecular weight is 338 g/mol. The fraction of sp³-hybridized carbons (Fsp3) is 0.235. The predicted molar refractivity (Wildman–Crippen MR) is 82.2 cm³/mol. The van der Waals surface area contributed by atoms with Gasteiger partial charge in [-0.15, -0.1) is 0 Å². The zero-order valence-corrected chi connectivity index (χ0v) is 12.8. The number of aliphatic hydroxyl groups is 1. The van der Waals surface area contributed by atoms with E-state index in [2.05, 4.69) is 0 Å². The van der Waals surface area contributed by atoms with Crippen molar-refractivity contribution < 1.29 is 18.7 Å². The number of hydrogen-bond donors (Lipinski definition) is 1. The molecule has 6 heteroatoms. The standard InChI is InChI=1S/C17H14ClF2NO2/c18-14-4-2-1-3-12(14)17(23)21-9-11(22)8-16(21)13-7-10(19)5-6-15(13)20/h1-7,11,16,22H,8-9H2. The molecule has 1 aliphatic rings. The molecule has 2 unspecified atom stereocenters. The second-order valence-corrected chi connectivity index (χ2v) is 5.92. The van der Waals surface area contributed by atoms with E-state index in [0.29, 0.717) is 0 Å². The van der Waals surface area contributed by atoms with Crippen molar-refractivity contribution in [2.75, 3.05) is 6.54 Å². The Morgan fingerprint density at radius 2 is 1.96 bits per heavy atom. The first kappa shape index (κ1) is 15.9. The summed E-state index contributed by atoms with van der Waals surface area (Å²) >= 11 is 6.04. The Bertz CT molecular complexity index is 753. The van der Waals surface area contributed by atoms with Crippen molar-refractivity contribution in [3.63, 3.8) is 0 Å². The molecule has 1 heterocycles. The third-order valence-corrected chi connectivity index (χ3v) is 4.29. The second kappa shape index (κ2) is 6.26. The highest BCUT2D eigenvalue weighted by molar-refractivity contribution is 6.33. The highest BCUT2D eigenvalue weighted by Gasteiger charge is 2.37. The van der Waals surface area contributed by atoms with Crippen LogP contribution in [0.4, 0.5) is 8.78 Å². The Kier molecular flexibility index (Phi) is 4.33. The van der Waals surface area contributed by atoms with Crippen LogP contribution in [0.5, 0.6) is 0 Å². The number of aliphatic hydroxyl groups excluding tert-OH is 1. The molecule has 0 saturated carbocycles. The van der Waals surface area contributed by atoms with Gasteiger partial charge < -0.3 is 10.0 Å². The third-order valence-electron chi connectivity index (χ3n) is 3.96. The van der Waals surface area contributed by atoms with Gasteiger partial charge in [0.05, 0.1) is 22.7 Å². The van der Waals surface area contributed by atoms with Crippen LogP contribution < -0.4 is 0 Å². The van der Waals surface area contributed by atoms with E-state index >= 15 is 0 Å². The van der Waals surface area contributed by atoms with Crippen molar-refractivity contribution in [3.8, 4) is 0 Å². The van der Waals surface area contributed by atoms with Crippen LogP contribution in [-0.4, -0.2) is 28.6 Å². The molecule has 3 nitrogen and oxygen atoms in total. The zero-order chi connectivity index (χ0) is 16.6. The van der Waals surface area contributed by atoms with Gasteiger partial charge in [0, 0.05) is 12.1 Å². The fourth-order valence-corrected chi connectivity index (χ4v) is 3.11. The second-order valence-electron chi connectivity index (χ2n) is 5.51. The fourth-order valence-electron chi connectivity index (χ4n) is 2.89. The van der Waals surface area contributed by atoms with Crippen LogP contribution in [0.1, 0.15) is 28.4 Å². The van der Waals surface area contributed by atoms with Crippen LogP contribution in [0.2, 0.25) is 5.02 Å². The molecule has 1 N–H and O–H groups in total. The molecule has 0 spiro atoms. The van der Waals surface area contributed by atoms with Crippen LogP contribution in [-0.2, 0) is 0 Å². The number of amides is 1. The van der Waals surface area contributed by atoms with Crippen molar-refractivity contribution in [1.29, 1.82) is 0 Å². The molecule has 2 atom stereocenters. The molecular formula is C17H14ClF2NO2. The summed E-state index contributed by atoms with van der Waals surface area (Å²) in [5.41, 5.74) is 0.326. The van der Waals surface area contributed by atoms with E-state index in [0.717, 1.165) is 18.2 Å². The number of likely N-dealkylation sites (tertiary alicyclic amines) is 1. The van der Waals surface area contributed by atoms with Crippen LogP contribution in [0.25, 0.3) is 0 Å². The Hall–Kier alpha value is -1.98. The van der Waals surface area contributed by atoms with E-state index < -0.39 is 29.7 Å². The van der Waals surface area contributed by atoms with E-state index in [-0.39, 0.29) is 29.1 Å². The molecule has 1 fully saturated rings. The normalized spacial score (nSPS) is 20.8. The van der Waals surface area contributed by atoms with Gasteiger partial charge in [-0.2, -0.15) is 0 Å². The summed E-state index contributed by atoms with van der Waals surface area (Å²) < 4.78 is 27.5. The monoisotopic (exact) mass is 337 g/mol. The third kappa shape index (κ3) is 3.07. The number of benzene rings is 2. The molecule has 1 saturated heterocycles. The van der Waals surface area contributed by atoms with Gasteiger partial charge >= 0.3 is 0 Å². The number of carbonyl (C=O) groups excluding carboxylic acids is 1. The molecule has 3 rings (SSSR count). The van der Waals surface area contributed by atoms with Gasteiger partial charge in [-0.1, -0.05) is 23.7 Å². The lowest BCUT2D eigenvalue weighted by molar-refractivity contribution is 0.0714. The minimum atomic E-state index is -0.797. The van der Waals surface area contributed by atoms with Crippen LogP contribution in [0.3, 0.4) is 0 Å². The first-order valence-electron chi connectivity index (χ1n) is 7.16. The van der Waals surface area contributed by atoms with Gasteiger partial charge in [-0.3, -0.25) is 4.79 Å². The van der Waals surface area contributed by atoms with E-state index in [1.54, 1.807) is 24.3 Å².